The lowest BCUT2D eigenvalue weighted by molar-refractivity contribution is -0.351. The Morgan fingerprint density at radius 1 is 0.854 bits per heavy atom. The molecule has 7 unspecified atom stereocenters. The molecule has 2 aliphatic heterocycles. The van der Waals surface area contributed by atoms with Crippen LogP contribution in [0.25, 0.3) is 0 Å². The third kappa shape index (κ3) is 4.79. The first kappa shape index (κ1) is 37.6. The van der Waals surface area contributed by atoms with E-state index >= 15 is 0 Å². The fourth-order valence-corrected chi connectivity index (χ4v) is 6.47. The Bertz CT molecular complexity index is 1430. The van der Waals surface area contributed by atoms with Crippen LogP contribution >= 0.6 is 0 Å². The molecule has 4 aliphatic rings. The normalized spacial score (nSPS) is 33.9. The van der Waals surface area contributed by atoms with E-state index in [1.54, 1.807) is 0 Å². The van der Waals surface area contributed by atoms with Gasteiger partial charge in [0, 0.05) is 12.3 Å². The summed E-state index contributed by atoms with van der Waals surface area (Å²) in [4.78, 5) is 49.8. The number of carbonyl (C=O) groups excluding carboxylic acids is 4. The standard InChI is InChI=1S/C25H20F14O9/c1-8-4-11-18(6-44-15(42)20(26,27)22(30,31)24(34,35)36,17(3)5-10(46-9(2)40)13(47-11)19(17)7-45-19)14(12(8)41)48-16(43)21(28,29)23(32,33)25(37,38)39/h4,10-11,13-14H,5-7H2,1-3H3. The van der Waals surface area contributed by atoms with E-state index in [0.29, 0.717) is 0 Å². The maximum Gasteiger partial charge on any atom is 0.460 e. The fraction of sp³-hybridized carbons (Fsp3) is 0.760. The first-order valence-corrected chi connectivity index (χ1v) is 13.1. The highest BCUT2D eigenvalue weighted by Crippen LogP contribution is 2.72. The van der Waals surface area contributed by atoms with Gasteiger partial charge in [0.25, 0.3) is 0 Å². The van der Waals surface area contributed by atoms with Gasteiger partial charge in [-0.05, 0) is 25.0 Å². The molecule has 0 radical (unpaired) electrons. The molecule has 0 aromatic rings. The molecule has 0 aromatic carbocycles. The molecule has 7 atom stereocenters. The summed E-state index contributed by atoms with van der Waals surface area (Å²) >= 11 is 0. The smallest absolute Gasteiger partial charge is 0.460 e. The first-order chi connectivity index (χ1) is 21.4. The monoisotopic (exact) mass is 730 g/mol. The van der Waals surface area contributed by atoms with E-state index in [-0.39, 0.29) is 0 Å². The van der Waals surface area contributed by atoms with Crippen molar-refractivity contribution in [1.82, 2.24) is 0 Å². The lowest BCUT2D eigenvalue weighted by Crippen LogP contribution is -2.72. The molecule has 2 bridgehead atoms. The Hall–Kier alpha value is -3.24. The molecular formula is C25H20F14O9. The quantitative estimate of drug-likeness (QED) is 0.154. The Morgan fingerprint density at radius 2 is 1.33 bits per heavy atom. The van der Waals surface area contributed by atoms with E-state index in [0.717, 1.165) is 26.8 Å². The van der Waals surface area contributed by atoms with Gasteiger partial charge in [-0.1, -0.05) is 6.92 Å². The van der Waals surface area contributed by atoms with Crippen LogP contribution in [0.1, 0.15) is 27.2 Å². The molecule has 272 valence electrons. The van der Waals surface area contributed by atoms with Crippen molar-refractivity contribution in [3.8, 4) is 0 Å². The zero-order valence-corrected chi connectivity index (χ0v) is 24.0. The lowest BCUT2D eigenvalue weighted by Gasteiger charge is -2.58. The summed E-state index contributed by atoms with van der Waals surface area (Å²) in [6.07, 6.45) is -22.5. The molecule has 2 aliphatic carbocycles. The van der Waals surface area contributed by atoms with Gasteiger partial charge in [-0.25, -0.2) is 9.59 Å². The molecule has 2 heterocycles. The molecule has 23 heteroatoms. The third-order valence-corrected chi connectivity index (χ3v) is 9.12. The van der Waals surface area contributed by atoms with Gasteiger partial charge >= 0.3 is 54.0 Å². The summed E-state index contributed by atoms with van der Waals surface area (Å²) in [6.45, 7) is 0.00804. The molecular weight excluding hydrogens is 710 g/mol. The average Bonchev–Trinajstić information content (AvgIpc) is 3.70. The number of esters is 3. The molecule has 0 N–H and O–H groups in total. The summed E-state index contributed by atoms with van der Waals surface area (Å²) in [5, 5.41) is 0. The Morgan fingerprint density at radius 3 is 1.77 bits per heavy atom. The van der Waals surface area contributed by atoms with Crippen molar-refractivity contribution in [3.63, 3.8) is 0 Å². The van der Waals surface area contributed by atoms with Crippen molar-refractivity contribution >= 4 is 23.7 Å². The fourth-order valence-electron chi connectivity index (χ4n) is 6.47. The van der Waals surface area contributed by atoms with Gasteiger partial charge in [-0.15, -0.1) is 0 Å². The van der Waals surface area contributed by atoms with Crippen molar-refractivity contribution in [3.05, 3.63) is 11.6 Å². The number of hydrogen-bond acceptors (Lipinski definition) is 9. The molecule has 3 fully saturated rings. The molecule has 1 saturated carbocycles. The summed E-state index contributed by atoms with van der Waals surface area (Å²) in [6, 6.07) is 0. The summed E-state index contributed by atoms with van der Waals surface area (Å²) < 4.78 is 214. The van der Waals surface area contributed by atoms with E-state index in [1.165, 1.54) is 0 Å². The number of ketones is 1. The second-order valence-corrected chi connectivity index (χ2v) is 11.7. The van der Waals surface area contributed by atoms with E-state index in [1.807, 2.05) is 0 Å². The maximum atomic E-state index is 14.4. The molecule has 9 nitrogen and oxygen atoms in total. The average molecular weight is 730 g/mol. The first-order valence-electron chi connectivity index (χ1n) is 13.1. The highest BCUT2D eigenvalue weighted by molar-refractivity contribution is 6.02. The predicted octanol–water partition coefficient (Wildman–Crippen LogP) is 4.50. The molecule has 2 saturated heterocycles. The van der Waals surface area contributed by atoms with Crippen molar-refractivity contribution in [2.75, 3.05) is 13.2 Å². The number of rotatable bonds is 8. The number of Topliss-reactive ketones (excluding diaryl/α,β-unsaturated/α-hetero) is 1. The van der Waals surface area contributed by atoms with Crippen LogP contribution in [0, 0.1) is 10.8 Å². The zero-order chi connectivity index (χ0) is 37.1. The molecule has 48 heavy (non-hydrogen) atoms. The van der Waals surface area contributed by atoms with Crippen molar-refractivity contribution in [1.29, 1.82) is 0 Å². The third-order valence-electron chi connectivity index (χ3n) is 9.12. The van der Waals surface area contributed by atoms with Gasteiger partial charge in [-0.3, -0.25) is 9.59 Å². The van der Waals surface area contributed by atoms with Gasteiger partial charge in [-0.2, -0.15) is 61.5 Å². The highest BCUT2D eigenvalue weighted by Gasteiger charge is 2.86. The zero-order valence-electron chi connectivity index (χ0n) is 24.0. The SMILES string of the molecule is CC(=O)OC1CC2(C)C3(CO3)C1OC1C=C(C)C(=O)C(OC(=O)C(F)(F)C(F)(F)C(F)(F)F)C12COC(=O)C(F)(F)C(F)(F)C(F)(F)F. The Balaban J connectivity index is 1.90. The van der Waals surface area contributed by atoms with E-state index in [9.17, 15) is 80.6 Å². The maximum absolute atomic E-state index is 14.4. The number of ether oxygens (including phenoxy) is 5. The van der Waals surface area contributed by atoms with Crippen LogP contribution < -0.4 is 0 Å². The largest absolute Gasteiger partial charge is 0.460 e. The van der Waals surface area contributed by atoms with E-state index in [2.05, 4.69) is 9.47 Å². The van der Waals surface area contributed by atoms with E-state index < -0.39 is 126 Å². The van der Waals surface area contributed by atoms with Gasteiger partial charge in [0.1, 0.15) is 24.4 Å². The summed E-state index contributed by atoms with van der Waals surface area (Å²) in [7, 11) is 0. The van der Waals surface area contributed by atoms with Crippen LogP contribution in [0.15, 0.2) is 11.6 Å². The van der Waals surface area contributed by atoms with Gasteiger partial charge in [0.05, 0.1) is 18.1 Å². The topological polar surface area (TPSA) is 118 Å². The minimum atomic E-state index is -7.17. The van der Waals surface area contributed by atoms with Crippen LogP contribution in [0.4, 0.5) is 61.5 Å². The number of alkyl halides is 14. The lowest BCUT2D eigenvalue weighted by atomic mass is 9.50. The van der Waals surface area contributed by atoms with Crippen LogP contribution in [0.5, 0.6) is 0 Å². The summed E-state index contributed by atoms with van der Waals surface area (Å²) in [5.41, 5.74) is -8.02. The molecule has 0 amide bonds. The molecule has 4 rings (SSSR count). The minimum Gasteiger partial charge on any atom is -0.460 e. The Kier molecular flexibility index (Phi) is 8.32. The number of fused-ring (bicyclic) bond motifs is 2. The number of hydrogen-bond donors (Lipinski definition) is 0. The van der Waals surface area contributed by atoms with Crippen molar-refractivity contribution in [2.45, 2.75) is 93.3 Å². The molecule has 0 aromatic heterocycles. The highest BCUT2D eigenvalue weighted by atomic mass is 19.4. The van der Waals surface area contributed by atoms with Crippen LogP contribution in [-0.4, -0.2) is 103 Å². The van der Waals surface area contributed by atoms with Crippen molar-refractivity contribution < 1.29 is 104 Å². The number of epoxide rings is 1. The second kappa shape index (κ2) is 10.6. The van der Waals surface area contributed by atoms with Crippen LogP contribution in [0.2, 0.25) is 0 Å². The minimum absolute atomic E-state index is 0.531. The predicted molar refractivity (Wildman–Crippen MR) is 120 cm³/mol. The van der Waals surface area contributed by atoms with Gasteiger partial charge in [0.15, 0.2) is 11.9 Å². The number of carbonyl (C=O) groups is 4. The van der Waals surface area contributed by atoms with Gasteiger partial charge in [0.2, 0.25) is 0 Å². The van der Waals surface area contributed by atoms with Crippen LogP contribution in [-0.2, 0) is 42.9 Å². The summed E-state index contributed by atoms with van der Waals surface area (Å²) in [5.74, 6) is -38.0. The van der Waals surface area contributed by atoms with Gasteiger partial charge < -0.3 is 23.7 Å². The Labute approximate surface area is 257 Å². The second-order valence-electron chi connectivity index (χ2n) is 11.7. The van der Waals surface area contributed by atoms with E-state index in [4.69, 9.17) is 14.2 Å². The number of halogens is 14. The van der Waals surface area contributed by atoms with Crippen molar-refractivity contribution in [2.24, 2.45) is 10.8 Å². The molecule has 1 spiro atoms. The van der Waals surface area contributed by atoms with Crippen LogP contribution in [0.3, 0.4) is 0 Å².